The van der Waals surface area contributed by atoms with Crippen LogP contribution >= 0.6 is 0 Å². The van der Waals surface area contributed by atoms with E-state index in [-0.39, 0.29) is 5.92 Å². The molecule has 0 radical (unpaired) electrons. The third-order valence-corrected chi connectivity index (χ3v) is 2.51. The first kappa shape index (κ1) is 7.47. The Kier molecular flexibility index (Phi) is 1.68. The predicted octanol–water partition coefficient (Wildman–Crippen LogP) is 1.30. The van der Waals surface area contributed by atoms with E-state index in [1.54, 1.807) is 0 Å². The third kappa shape index (κ3) is 1.04. The van der Waals surface area contributed by atoms with Crippen LogP contribution in [-0.4, -0.2) is 11.3 Å². The molecule has 0 N–H and O–H groups in total. The Morgan fingerprint density at radius 3 is 3.08 bits per heavy atom. The number of aromatic nitrogens is 1. The molecule has 2 nitrogen and oxygen atoms in total. The zero-order valence-corrected chi connectivity index (χ0v) is 7.08. The highest BCUT2D eigenvalue weighted by Crippen LogP contribution is 2.26. The molecule has 1 aliphatic rings. The minimum absolute atomic E-state index is 0.197. The largest absolute Gasteiger partial charge is 0.303 e. The van der Waals surface area contributed by atoms with E-state index < -0.39 is 0 Å². The maximum atomic E-state index is 10.6. The first-order valence-electron chi connectivity index (χ1n) is 4.20. The summed E-state index contributed by atoms with van der Waals surface area (Å²) in [6.07, 6.45) is 4.67. The second-order valence-corrected chi connectivity index (χ2v) is 3.34. The number of nitrogens with zero attached hydrogens (tertiary/aromatic N) is 1. The number of aryl methyl sites for hydroxylation is 1. The van der Waals surface area contributed by atoms with Gasteiger partial charge in [-0.05, 0) is 37.0 Å². The molecule has 0 spiro atoms. The summed E-state index contributed by atoms with van der Waals surface area (Å²) in [5.41, 5.74) is 3.67. The molecule has 2 heteroatoms. The third-order valence-electron chi connectivity index (χ3n) is 2.51. The zero-order chi connectivity index (χ0) is 8.55. The Bertz CT molecular complexity index is 320. The zero-order valence-electron chi connectivity index (χ0n) is 7.08. The number of carbonyl (C=O) groups excluding carboxylic acids is 1. The summed E-state index contributed by atoms with van der Waals surface area (Å²) in [6.45, 7) is 2.01. The highest BCUT2D eigenvalue weighted by molar-refractivity contribution is 5.58. The number of pyridine rings is 1. The van der Waals surface area contributed by atoms with Crippen molar-refractivity contribution in [3.8, 4) is 0 Å². The molecule has 1 heterocycles. The normalized spacial score (nSPS) is 20.6. The lowest BCUT2D eigenvalue weighted by molar-refractivity contribution is -0.110. The van der Waals surface area contributed by atoms with Crippen LogP contribution in [0.3, 0.4) is 0 Å². The molecule has 1 aromatic heterocycles. The predicted molar refractivity (Wildman–Crippen MR) is 45.9 cm³/mol. The molecule has 1 atom stereocenters. The molecule has 0 fully saturated rings. The van der Waals surface area contributed by atoms with Crippen molar-refractivity contribution in [1.29, 1.82) is 0 Å². The van der Waals surface area contributed by atoms with Gasteiger partial charge in [-0.25, -0.2) is 0 Å². The van der Waals surface area contributed by atoms with Gasteiger partial charge in [0.15, 0.2) is 0 Å². The van der Waals surface area contributed by atoms with Crippen molar-refractivity contribution < 1.29 is 4.79 Å². The number of rotatable bonds is 1. The quantitative estimate of drug-likeness (QED) is 0.581. The van der Waals surface area contributed by atoms with Crippen molar-refractivity contribution in [3.05, 3.63) is 29.1 Å². The Labute approximate surface area is 71.6 Å². The number of aldehydes is 1. The van der Waals surface area contributed by atoms with Crippen LogP contribution in [0.2, 0.25) is 0 Å². The summed E-state index contributed by atoms with van der Waals surface area (Å²) in [5, 5.41) is 0. The van der Waals surface area contributed by atoms with Gasteiger partial charge in [-0.2, -0.15) is 0 Å². The van der Waals surface area contributed by atoms with Crippen LogP contribution in [-0.2, 0) is 17.6 Å². The highest BCUT2D eigenvalue weighted by Gasteiger charge is 2.22. The molecule has 0 aliphatic heterocycles. The lowest BCUT2D eigenvalue weighted by Crippen LogP contribution is -1.99. The second-order valence-electron chi connectivity index (χ2n) is 3.34. The smallest absolute Gasteiger partial charge is 0.123 e. The molecule has 1 unspecified atom stereocenters. The molecule has 0 saturated heterocycles. The van der Waals surface area contributed by atoms with Crippen LogP contribution in [0.1, 0.15) is 16.8 Å². The summed E-state index contributed by atoms with van der Waals surface area (Å²) in [5.74, 6) is 0.197. The van der Waals surface area contributed by atoms with E-state index >= 15 is 0 Å². The average molecular weight is 161 g/mol. The molecule has 12 heavy (non-hydrogen) atoms. The Morgan fingerprint density at radius 2 is 2.42 bits per heavy atom. The summed E-state index contributed by atoms with van der Waals surface area (Å²) in [7, 11) is 0. The van der Waals surface area contributed by atoms with Crippen LogP contribution in [0.15, 0.2) is 12.3 Å². The van der Waals surface area contributed by atoms with Gasteiger partial charge in [0.05, 0.1) is 0 Å². The fourth-order valence-electron chi connectivity index (χ4n) is 1.83. The molecule has 1 aliphatic carbocycles. The SMILES string of the molecule is Cc1nccc2c1CC(C=O)C2. The van der Waals surface area contributed by atoms with Crippen molar-refractivity contribution >= 4 is 6.29 Å². The van der Waals surface area contributed by atoms with Crippen LogP contribution < -0.4 is 0 Å². The fraction of sp³-hybridized carbons (Fsp3) is 0.400. The van der Waals surface area contributed by atoms with Crippen LogP contribution in [0, 0.1) is 12.8 Å². The number of carbonyl (C=O) groups is 1. The van der Waals surface area contributed by atoms with Gasteiger partial charge >= 0.3 is 0 Å². The minimum Gasteiger partial charge on any atom is -0.303 e. The first-order chi connectivity index (χ1) is 5.81. The van der Waals surface area contributed by atoms with Crippen LogP contribution in [0.4, 0.5) is 0 Å². The van der Waals surface area contributed by atoms with E-state index in [0.717, 1.165) is 24.8 Å². The molecule has 0 saturated carbocycles. The van der Waals surface area contributed by atoms with Gasteiger partial charge in [0, 0.05) is 17.8 Å². The Hall–Kier alpha value is -1.18. The average Bonchev–Trinajstić information content (AvgIpc) is 2.49. The van der Waals surface area contributed by atoms with Crippen LogP contribution in [0.25, 0.3) is 0 Å². The molecular formula is C10H11NO. The summed E-state index contributed by atoms with van der Waals surface area (Å²) < 4.78 is 0. The van der Waals surface area contributed by atoms with Crippen molar-refractivity contribution in [3.63, 3.8) is 0 Å². The molecule has 0 amide bonds. The minimum atomic E-state index is 0.197. The fourth-order valence-corrected chi connectivity index (χ4v) is 1.83. The van der Waals surface area contributed by atoms with E-state index in [2.05, 4.69) is 4.98 Å². The van der Waals surface area contributed by atoms with E-state index in [1.807, 2.05) is 19.2 Å². The van der Waals surface area contributed by atoms with Gasteiger partial charge in [0.25, 0.3) is 0 Å². The number of hydrogen-bond acceptors (Lipinski definition) is 2. The van der Waals surface area contributed by atoms with E-state index in [4.69, 9.17) is 0 Å². The summed E-state index contributed by atoms with van der Waals surface area (Å²) >= 11 is 0. The number of hydrogen-bond donors (Lipinski definition) is 0. The summed E-state index contributed by atoms with van der Waals surface area (Å²) in [4.78, 5) is 14.8. The van der Waals surface area contributed by atoms with Gasteiger partial charge in [0.1, 0.15) is 6.29 Å². The second kappa shape index (κ2) is 2.70. The number of fused-ring (bicyclic) bond motifs is 1. The van der Waals surface area contributed by atoms with Crippen molar-refractivity contribution in [2.75, 3.05) is 0 Å². The molecule has 0 bridgehead atoms. The van der Waals surface area contributed by atoms with Gasteiger partial charge in [-0.1, -0.05) is 0 Å². The Balaban J connectivity index is 2.41. The molecule has 0 aromatic carbocycles. The maximum Gasteiger partial charge on any atom is 0.123 e. The lowest BCUT2D eigenvalue weighted by Gasteiger charge is -1.99. The van der Waals surface area contributed by atoms with E-state index in [0.29, 0.717) is 0 Å². The Morgan fingerprint density at radius 1 is 1.58 bits per heavy atom. The topological polar surface area (TPSA) is 30.0 Å². The van der Waals surface area contributed by atoms with Crippen LogP contribution in [0.5, 0.6) is 0 Å². The van der Waals surface area contributed by atoms with Gasteiger partial charge in [0.2, 0.25) is 0 Å². The molecular weight excluding hydrogens is 150 g/mol. The highest BCUT2D eigenvalue weighted by atomic mass is 16.1. The van der Waals surface area contributed by atoms with E-state index in [1.165, 1.54) is 11.1 Å². The van der Waals surface area contributed by atoms with Gasteiger partial charge in [-0.15, -0.1) is 0 Å². The van der Waals surface area contributed by atoms with Gasteiger partial charge < -0.3 is 4.79 Å². The monoisotopic (exact) mass is 161 g/mol. The molecule has 62 valence electrons. The standard InChI is InChI=1S/C10H11NO/c1-7-10-5-8(6-12)4-9(10)2-3-11-7/h2-3,6,8H,4-5H2,1H3. The lowest BCUT2D eigenvalue weighted by atomic mass is 10.1. The maximum absolute atomic E-state index is 10.6. The molecule has 2 rings (SSSR count). The molecule has 1 aromatic rings. The van der Waals surface area contributed by atoms with Gasteiger partial charge in [-0.3, -0.25) is 4.98 Å². The van der Waals surface area contributed by atoms with Crippen molar-refractivity contribution in [2.24, 2.45) is 5.92 Å². The van der Waals surface area contributed by atoms with Crippen molar-refractivity contribution in [1.82, 2.24) is 4.98 Å². The summed E-state index contributed by atoms with van der Waals surface area (Å²) in [6, 6.07) is 2.02. The van der Waals surface area contributed by atoms with Crippen molar-refractivity contribution in [2.45, 2.75) is 19.8 Å². The first-order valence-corrected chi connectivity index (χ1v) is 4.20. The van der Waals surface area contributed by atoms with E-state index in [9.17, 15) is 4.79 Å².